The van der Waals surface area contributed by atoms with Gasteiger partial charge in [0, 0.05) is 11.8 Å². The zero-order valence-corrected chi connectivity index (χ0v) is 8.83. The molecule has 15 heavy (non-hydrogen) atoms. The highest BCUT2D eigenvalue weighted by Crippen LogP contribution is 2.06. The summed E-state index contributed by atoms with van der Waals surface area (Å²) >= 11 is 0. The molecule has 0 atom stereocenters. The first kappa shape index (κ1) is 11.6. The molecule has 0 aliphatic heterocycles. The van der Waals surface area contributed by atoms with Crippen molar-refractivity contribution < 1.29 is 18.0 Å². The quantitative estimate of drug-likeness (QED) is 0.480. The number of oxime groups is 1. The molecule has 0 saturated carbocycles. The van der Waals surface area contributed by atoms with Gasteiger partial charge in [0.25, 0.3) is 0 Å². The topological polar surface area (TPSA) is 66.7 Å². The molecule has 1 rings (SSSR count). The summed E-state index contributed by atoms with van der Waals surface area (Å²) in [7, 11) is -3.31. The smallest absolute Gasteiger partial charge is 0.153 e. The fraction of sp³-hybridized carbons (Fsp3) is 0.222. The molecular formula is C9H10FNO3S. The number of sulfone groups is 1. The van der Waals surface area contributed by atoms with Crippen LogP contribution in [0.2, 0.25) is 0 Å². The van der Waals surface area contributed by atoms with Gasteiger partial charge in [0.15, 0.2) is 9.84 Å². The van der Waals surface area contributed by atoms with Gasteiger partial charge in [-0.3, -0.25) is 0 Å². The predicted molar refractivity (Wildman–Crippen MR) is 54.4 cm³/mol. The summed E-state index contributed by atoms with van der Waals surface area (Å²) in [6, 6.07) is 5.22. The maximum atomic E-state index is 12.8. The van der Waals surface area contributed by atoms with Crippen LogP contribution in [0.1, 0.15) is 5.56 Å². The minimum atomic E-state index is -3.31. The Hall–Kier alpha value is -1.43. The number of hydrogen-bond acceptors (Lipinski definition) is 4. The average Bonchev–Trinajstić information content (AvgIpc) is 2.13. The number of rotatable bonds is 3. The average molecular weight is 231 g/mol. The molecule has 0 spiro atoms. The largest absolute Gasteiger partial charge is 0.411 e. The van der Waals surface area contributed by atoms with Gasteiger partial charge in [-0.1, -0.05) is 17.3 Å². The molecule has 0 radical (unpaired) electrons. The first-order valence-corrected chi connectivity index (χ1v) is 6.13. The van der Waals surface area contributed by atoms with Gasteiger partial charge in [-0.05, 0) is 12.1 Å². The van der Waals surface area contributed by atoms with E-state index in [1.807, 2.05) is 0 Å². The van der Waals surface area contributed by atoms with E-state index in [1.54, 1.807) is 0 Å². The molecule has 0 unspecified atom stereocenters. The highest BCUT2D eigenvalue weighted by atomic mass is 32.2. The second-order valence-electron chi connectivity index (χ2n) is 3.13. The number of hydrogen-bond donors (Lipinski definition) is 1. The third-order valence-corrected chi connectivity index (χ3v) is 2.48. The van der Waals surface area contributed by atoms with Crippen molar-refractivity contribution >= 4 is 15.5 Å². The lowest BCUT2D eigenvalue weighted by molar-refractivity contribution is 0.319. The molecule has 0 aliphatic rings. The minimum absolute atomic E-state index is 0.0722. The molecule has 0 fully saturated rings. The van der Waals surface area contributed by atoms with Crippen LogP contribution in [-0.4, -0.2) is 31.3 Å². The van der Waals surface area contributed by atoms with Gasteiger partial charge in [0.1, 0.15) is 11.5 Å². The van der Waals surface area contributed by atoms with Gasteiger partial charge in [-0.15, -0.1) is 0 Å². The van der Waals surface area contributed by atoms with Crippen molar-refractivity contribution in [2.45, 2.75) is 0 Å². The van der Waals surface area contributed by atoms with Crippen molar-refractivity contribution in [3.63, 3.8) is 0 Å². The van der Waals surface area contributed by atoms with E-state index in [0.29, 0.717) is 0 Å². The Labute approximate surface area is 87.0 Å². The summed E-state index contributed by atoms with van der Waals surface area (Å²) in [5.41, 5.74) is 0.180. The fourth-order valence-electron chi connectivity index (χ4n) is 1.09. The first-order valence-electron chi connectivity index (χ1n) is 4.07. The van der Waals surface area contributed by atoms with Crippen molar-refractivity contribution in [2.75, 3.05) is 12.0 Å². The Morgan fingerprint density at radius 1 is 1.53 bits per heavy atom. The van der Waals surface area contributed by atoms with Gasteiger partial charge < -0.3 is 5.21 Å². The highest BCUT2D eigenvalue weighted by molar-refractivity contribution is 7.91. The van der Waals surface area contributed by atoms with Crippen molar-refractivity contribution in [2.24, 2.45) is 5.16 Å². The summed E-state index contributed by atoms with van der Waals surface area (Å²) < 4.78 is 34.8. The van der Waals surface area contributed by atoms with Crippen molar-refractivity contribution in [1.29, 1.82) is 0 Å². The van der Waals surface area contributed by atoms with Crippen LogP contribution < -0.4 is 0 Å². The van der Waals surface area contributed by atoms with Crippen LogP contribution >= 0.6 is 0 Å². The van der Waals surface area contributed by atoms with Crippen molar-refractivity contribution in [3.8, 4) is 0 Å². The second kappa shape index (κ2) is 4.39. The van der Waals surface area contributed by atoms with E-state index >= 15 is 0 Å². The molecule has 82 valence electrons. The molecule has 0 heterocycles. The number of nitrogens with zero attached hydrogens (tertiary/aromatic N) is 1. The third kappa shape index (κ3) is 3.67. The zero-order valence-electron chi connectivity index (χ0n) is 8.01. The van der Waals surface area contributed by atoms with E-state index in [2.05, 4.69) is 5.16 Å². The van der Waals surface area contributed by atoms with Crippen LogP contribution in [0.5, 0.6) is 0 Å². The van der Waals surface area contributed by atoms with Gasteiger partial charge in [0.2, 0.25) is 0 Å². The summed E-state index contributed by atoms with van der Waals surface area (Å²) in [6.45, 7) is 0. The van der Waals surface area contributed by atoms with Crippen molar-refractivity contribution in [1.82, 2.24) is 0 Å². The molecule has 1 aromatic rings. The molecule has 0 aromatic heterocycles. The lowest BCUT2D eigenvalue weighted by Gasteiger charge is -2.02. The van der Waals surface area contributed by atoms with Gasteiger partial charge >= 0.3 is 0 Å². The normalized spacial score (nSPS) is 12.8. The maximum absolute atomic E-state index is 12.8. The second-order valence-corrected chi connectivity index (χ2v) is 5.27. The Morgan fingerprint density at radius 3 is 2.67 bits per heavy atom. The van der Waals surface area contributed by atoms with Crippen LogP contribution in [0.15, 0.2) is 29.4 Å². The molecular weight excluding hydrogens is 221 g/mol. The molecule has 0 aliphatic carbocycles. The van der Waals surface area contributed by atoms with Crippen LogP contribution in [0.3, 0.4) is 0 Å². The maximum Gasteiger partial charge on any atom is 0.153 e. The first-order chi connectivity index (χ1) is 6.92. The molecule has 0 bridgehead atoms. The molecule has 6 heteroatoms. The molecule has 1 aromatic carbocycles. The summed E-state index contributed by atoms with van der Waals surface area (Å²) in [5, 5.41) is 11.5. The number of benzene rings is 1. The van der Waals surface area contributed by atoms with E-state index in [9.17, 15) is 12.8 Å². The van der Waals surface area contributed by atoms with Crippen LogP contribution in [0.25, 0.3) is 0 Å². The fourth-order valence-corrected chi connectivity index (χ4v) is 1.81. The Bertz CT molecular complexity index is 482. The Kier molecular flexibility index (Phi) is 3.41. The molecule has 4 nitrogen and oxygen atoms in total. The van der Waals surface area contributed by atoms with E-state index in [4.69, 9.17) is 5.21 Å². The lowest BCUT2D eigenvalue weighted by atomic mass is 10.1. The Balaban J connectivity index is 3.05. The van der Waals surface area contributed by atoms with Crippen molar-refractivity contribution in [3.05, 3.63) is 35.6 Å². The highest BCUT2D eigenvalue weighted by Gasteiger charge is 2.12. The SMILES string of the molecule is CS(=O)(=O)CC(=NO)c1cccc(F)c1. The van der Waals surface area contributed by atoms with E-state index in [0.717, 1.165) is 12.3 Å². The lowest BCUT2D eigenvalue weighted by Crippen LogP contribution is -2.15. The van der Waals surface area contributed by atoms with E-state index in [1.165, 1.54) is 18.2 Å². The third-order valence-electron chi connectivity index (χ3n) is 1.68. The number of halogens is 1. The molecule has 1 N–H and O–H groups in total. The summed E-state index contributed by atoms with van der Waals surface area (Å²) in [4.78, 5) is 0. The monoisotopic (exact) mass is 231 g/mol. The van der Waals surface area contributed by atoms with Gasteiger partial charge in [0.05, 0.1) is 5.75 Å². The summed E-state index contributed by atoms with van der Waals surface area (Å²) in [6.07, 6.45) is 1.01. The minimum Gasteiger partial charge on any atom is -0.411 e. The van der Waals surface area contributed by atoms with E-state index < -0.39 is 21.4 Å². The molecule has 0 amide bonds. The predicted octanol–water partition coefficient (Wildman–Crippen LogP) is 1.05. The zero-order chi connectivity index (χ0) is 11.5. The Morgan fingerprint density at radius 2 is 2.20 bits per heavy atom. The van der Waals surface area contributed by atoms with Gasteiger partial charge in [-0.25, -0.2) is 12.8 Å². The van der Waals surface area contributed by atoms with E-state index in [-0.39, 0.29) is 11.3 Å². The van der Waals surface area contributed by atoms with Crippen LogP contribution in [0.4, 0.5) is 4.39 Å². The van der Waals surface area contributed by atoms with Crippen LogP contribution in [0, 0.1) is 5.82 Å². The van der Waals surface area contributed by atoms with Crippen LogP contribution in [-0.2, 0) is 9.84 Å². The standard InChI is InChI=1S/C9H10FNO3S/c1-15(13,14)6-9(11-12)7-3-2-4-8(10)5-7/h2-5,12H,6H2,1H3. The summed E-state index contributed by atoms with van der Waals surface area (Å²) in [5.74, 6) is -0.936. The molecule has 0 saturated heterocycles. The van der Waals surface area contributed by atoms with Gasteiger partial charge in [-0.2, -0.15) is 0 Å².